The molecule has 3 aliphatic heterocycles. The van der Waals surface area contributed by atoms with Crippen LogP contribution in [0.2, 0.25) is 0 Å². The van der Waals surface area contributed by atoms with Crippen LogP contribution in [0.25, 0.3) is 0 Å². The maximum Gasteiger partial charge on any atom is 0.241 e. The second kappa shape index (κ2) is 4.00. The van der Waals surface area contributed by atoms with Crippen molar-refractivity contribution in [2.45, 2.75) is 63.3 Å². The molecule has 0 aromatic heterocycles. The van der Waals surface area contributed by atoms with Crippen molar-refractivity contribution >= 4 is 5.91 Å². The van der Waals surface area contributed by atoms with E-state index in [0.29, 0.717) is 24.2 Å². The summed E-state index contributed by atoms with van der Waals surface area (Å²) in [6.07, 6.45) is 6.13. The standard InChI is InChI=1S/C12H20N2O2/c1-2-3-9-12(15)14(7-13-9)10-6-8-4-5-11(10)16-8/h8-11,13H,2-7H2,1H3. The summed E-state index contributed by atoms with van der Waals surface area (Å²) in [6.45, 7) is 2.85. The molecule has 1 amide bonds. The van der Waals surface area contributed by atoms with Gasteiger partial charge in [-0.3, -0.25) is 10.1 Å². The zero-order valence-electron chi connectivity index (χ0n) is 9.82. The van der Waals surface area contributed by atoms with E-state index in [0.717, 1.165) is 32.4 Å². The number of nitrogens with zero attached hydrogens (tertiary/aromatic N) is 1. The minimum Gasteiger partial charge on any atom is -0.373 e. The Morgan fingerprint density at radius 3 is 3.00 bits per heavy atom. The lowest BCUT2D eigenvalue weighted by Gasteiger charge is -2.28. The van der Waals surface area contributed by atoms with Crippen molar-refractivity contribution in [3.63, 3.8) is 0 Å². The normalized spacial score (nSPS) is 42.3. The first-order valence-electron chi connectivity index (χ1n) is 6.49. The molecule has 3 saturated heterocycles. The third-order valence-electron chi connectivity index (χ3n) is 4.14. The van der Waals surface area contributed by atoms with Crippen molar-refractivity contribution in [2.24, 2.45) is 0 Å². The van der Waals surface area contributed by atoms with Gasteiger partial charge >= 0.3 is 0 Å². The number of nitrogens with one attached hydrogen (secondary N) is 1. The predicted molar refractivity (Wildman–Crippen MR) is 59.8 cm³/mol. The molecule has 0 spiro atoms. The largest absolute Gasteiger partial charge is 0.373 e. The van der Waals surface area contributed by atoms with Crippen LogP contribution in [0.3, 0.4) is 0 Å². The molecule has 4 unspecified atom stereocenters. The summed E-state index contributed by atoms with van der Waals surface area (Å²) in [5.41, 5.74) is 0. The maximum atomic E-state index is 12.2. The van der Waals surface area contributed by atoms with Crippen LogP contribution >= 0.6 is 0 Å². The Bertz CT molecular complexity index is 295. The van der Waals surface area contributed by atoms with E-state index in [1.807, 2.05) is 4.90 Å². The second-order valence-corrected chi connectivity index (χ2v) is 5.19. The molecular formula is C12H20N2O2. The fraction of sp³-hybridized carbons (Fsp3) is 0.917. The van der Waals surface area contributed by atoms with Gasteiger partial charge in [0.2, 0.25) is 5.91 Å². The van der Waals surface area contributed by atoms with E-state index in [4.69, 9.17) is 4.74 Å². The Morgan fingerprint density at radius 2 is 2.38 bits per heavy atom. The predicted octanol–water partition coefficient (Wildman–Crippen LogP) is 0.864. The highest BCUT2D eigenvalue weighted by Crippen LogP contribution is 2.37. The summed E-state index contributed by atoms with van der Waals surface area (Å²) < 4.78 is 5.82. The zero-order chi connectivity index (χ0) is 11.1. The topological polar surface area (TPSA) is 41.6 Å². The lowest BCUT2D eigenvalue weighted by atomic mass is 9.94. The Balaban J connectivity index is 1.66. The third kappa shape index (κ3) is 1.55. The first kappa shape index (κ1) is 10.5. The monoisotopic (exact) mass is 224 g/mol. The maximum absolute atomic E-state index is 12.2. The van der Waals surface area contributed by atoms with Crippen LogP contribution in [0.1, 0.15) is 39.0 Å². The molecule has 3 fully saturated rings. The number of amides is 1. The number of rotatable bonds is 3. The van der Waals surface area contributed by atoms with Crippen molar-refractivity contribution in [2.75, 3.05) is 6.67 Å². The van der Waals surface area contributed by atoms with E-state index in [1.165, 1.54) is 6.42 Å². The van der Waals surface area contributed by atoms with E-state index in [1.54, 1.807) is 0 Å². The van der Waals surface area contributed by atoms with Crippen LogP contribution in [0.4, 0.5) is 0 Å². The lowest BCUT2D eigenvalue weighted by Crippen LogP contribution is -2.44. The molecule has 3 rings (SSSR count). The summed E-state index contributed by atoms with van der Waals surface area (Å²) in [5, 5.41) is 3.31. The SMILES string of the molecule is CCCC1NCN(C2CC3CCC2O3)C1=O. The molecule has 0 saturated carbocycles. The minimum absolute atomic E-state index is 0.0594. The van der Waals surface area contributed by atoms with Gasteiger partial charge < -0.3 is 9.64 Å². The average Bonchev–Trinajstić information content (AvgIpc) is 2.95. The van der Waals surface area contributed by atoms with Gasteiger partial charge in [-0.05, 0) is 25.7 Å². The molecule has 0 radical (unpaired) electrons. The second-order valence-electron chi connectivity index (χ2n) is 5.19. The first-order valence-corrected chi connectivity index (χ1v) is 6.49. The zero-order valence-corrected chi connectivity index (χ0v) is 9.82. The van der Waals surface area contributed by atoms with E-state index in [9.17, 15) is 4.79 Å². The van der Waals surface area contributed by atoms with Crippen molar-refractivity contribution in [1.29, 1.82) is 0 Å². The molecular weight excluding hydrogens is 204 g/mol. The van der Waals surface area contributed by atoms with Gasteiger partial charge in [0.05, 0.1) is 31.0 Å². The highest BCUT2D eigenvalue weighted by atomic mass is 16.5. The van der Waals surface area contributed by atoms with Gasteiger partial charge in [-0.2, -0.15) is 0 Å². The average molecular weight is 224 g/mol. The van der Waals surface area contributed by atoms with Crippen LogP contribution < -0.4 is 5.32 Å². The van der Waals surface area contributed by atoms with Gasteiger partial charge in [0, 0.05) is 0 Å². The molecule has 0 aliphatic carbocycles. The molecule has 4 atom stereocenters. The number of hydrogen-bond donors (Lipinski definition) is 1. The van der Waals surface area contributed by atoms with Crippen LogP contribution in [0, 0.1) is 0 Å². The summed E-state index contributed by atoms with van der Waals surface area (Å²) >= 11 is 0. The number of hydrogen-bond acceptors (Lipinski definition) is 3. The third-order valence-corrected chi connectivity index (χ3v) is 4.14. The fourth-order valence-corrected chi connectivity index (χ4v) is 3.31. The van der Waals surface area contributed by atoms with Crippen LogP contribution in [0.5, 0.6) is 0 Å². The molecule has 3 aliphatic rings. The van der Waals surface area contributed by atoms with Crippen LogP contribution in [0.15, 0.2) is 0 Å². The Kier molecular flexibility index (Phi) is 2.64. The molecule has 2 bridgehead atoms. The summed E-state index contributed by atoms with van der Waals surface area (Å²) in [4.78, 5) is 14.2. The number of carbonyl (C=O) groups excluding carboxylic acids is 1. The molecule has 0 aromatic carbocycles. The van der Waals surface area contributed by atoms with Crippen molar-refractivity contribution in [3.05, 3.63) is 0 Å². The number of fused-ring (bicyclic) bond motifs is 2. The van der Waals surface area contributed by atoms with Crippen molar-refractivity contribution in [1.82, 2.24) is 10.2 Å². The van der Waals surface area contributed by atoms with E-state index < -0.39 is 0 Å². The summed E-state index contributed by atoms with van der Waals surface area (Å²) in [7, 11) is 0. The van der Waals surface area contributed by atoms with Gasteiger partial charge in [0.1, 0.15) is 0 Å². The van der Waals surface area contributed by atoms with Crippen molar-refractivity contribution < 1.29 is 9.53 Å². The van der Waals surface area contributed by atoms with Gasteiger partial charge in [0.25, 0.3) is 0 Å². The smallest absolute Gasteiger partial charge is 0.241 e. The molecule has 0 aromatic rings. The molecule has 4 nitrogen and oxygen atoms in total. The number of ether oxygens (including phenoxy) is 1. The summed E-state index contributed by atoms with van der Waals surface area (Å²) in [5.74, 6) is 0.294. The Morgan fingerprint density at radius 1 is 1.50 bits per heavy atom. The van der Waals surface area contributed by atoms with Crippen molar-refractivity contribution in [3.8, 4) is 0 Å². The molecule has 3 heterocycles. The van der Waals surface area contributed by atoms with Crippen LogP contribution in [-0.4, -0.2) is 41.8 Å². The minimum atomic E-state index is 0.0594. The molecule has 4 heteroatoms. The van der Waals surface area contributed by atoms with Gasteiger partial charge in [0.15, 0.2) is 0 Å². The number of carbonyl (C=O) groups is 1. The Labute approximate surface area is 96.3 Å². The highest BCUT2D eigenvalue weighted by molar-refractivity contribution is 5.84. The quantitative estimate of drug-likeness (QED) is 0.773. The van der Waals surface area contributed by atoms with Gasteiger partial charge in [-0.25, -0.2) is 0 Å². The summed E-state index contributed by atoms with van der Waals surface area (Å²) in [6, 6.07) is 0.407. The molecule has 90 valence electrons. The van der Waals surface area contributed by atoms with E-state index >= 15 is 0 Å². The van der Waals surface area contributed by atoms with Crippen LogP contribution in [-0.2, 0) is 9.53 Å². The fourth-order valence-electron chi connectivity index (χ4n) is 3.31. The highest BCUT2D eigenvalue weighted by Gasteiger charge is 2.47. The molecule has 1 N–H and O–H groups in total. The lowest BCUT2D eigenvalue weighted by molar-refractivity contribution is -0.131. The Hall–Kier alpha value is -0.610. The molecule has 16 heavy (non-hydrogen) atoms. The van der Waals surface area contributed by atoms with E-state index in [-0.39, 0.29) is 6.04 Å². The van der Waals surface area contributed by atoms with Gasteiger partial charge in [-0.15, -0.1) is 0 Å². The van der Waals surface area contributed by atoms with Gasteiger partial charge in [-0.1, -0.05) is 13.3 Å². The van der Waals surface area contributed by atoms with E-state index in [2.05, 4.69) is 12.2 Å². The first-order chi connectivity index (χ1) is 7.79.